The molecular formula is C16H15N5O3S. The van der Waals surface area contributed by atoms with E-state index in [1.54, 1.807) is 42.7 Å². The van der Waals surface area contributed by atoms with Crippen LogP contribution in [0, 0.1) is 0 Å². The van der Waals surface area contributed by atoms with E-state index in [0.29, 0.717) is 22.6 Å². The molecule has 2 N–H and O–H groups in total. The number of anilines is 3. The summed E-state index contributed by atoms with van der Waals surface area (Å²) in [7, 11) is -0.558. The van der Waals surface area contributed by atoms with E-state index in [9.17, 15) is 13.2 Å². The Morgan fingerprint density at radius 3 is 2.64 bits per heavy atom. The zero-order chi connectivity index (χ0) is 17.8. The first-order valence-electron chi connectivity index (χ1n) is 7.49. The highest BCUT2D eigenvalue weighted by atomic mass is 32.2. The van der Waals surface area contributed by atoms with Crippen molar-refractivity contribution in [2.24, 2.45) is 0 Å². The number of carbonyl (C=O) groups is 1. The maximum atomic E-state index is 12.5. The number of carbonyl (C=O) groups excluding carboxylic acids is 1. The average molecular weight is 357 g/mol. The summed E-state index contributed by atoms with van der Waals surface area (Å²) in [5.41, 5.74) is 3.64. The summed E-state index contributed by atoms with van der Waals surface area (Å²) in [6.45, 7) is 0. The molecule has 9 heteroatoms. The van der Waals surface area contributed by atoms with E-state index in [1.165, 1.54) is 22.7 Å². The summed E-state index contributed by atoms with van der Waals surface area (Å²) in [6.07, 6.45) is 1.57. The molecule has 4 rings (SSSR count). The fourth-order valence-electron chi connectivity index (χ4n) is 2.83. The molecule has 2 aromatic carbocycles. The molecule has 2 heterocycles. The second-order valence-electron chi connectivity index (χ2n) is 5.73. The standard InChI is InChI=1S/C16H15N5O3S/c1-20-14-6-4-11(8-15(14)21(2)25(20,23)24)19-16(22)10-3-5-12-13(7-10)18-9-17-12/h3-9H,1-2H3,(H,17,18)(H,19,22). The van der Waals surface area contributed by atoms with Gasteiger partial charge < -0.3 is 10.3 Å². The second-order valence-corrected chi connectivity index (χ2v) is 7.73. The lowest BCUT2D eigenvalue weighted by atomic mass is 10.1. The predicted molar refractivity (Wildman–Crippen MR) is 96.2 cm³/mol. The predicted octanol–water partition coefficient (Wildman–Crippen LogP) is 1.95. The second kappa shape index (κ2) is 5.21. The summed E-state index contributed by atoms with van der Waals surface area (Å²) >= 11 is 0. The monoisotopic (exact) mass is 357 g/mol. The van der Waals surface area contributed by atoms with Gasteiger partial charge in [0.1, 0.15) is 0 Å². The lowest BCUT2D eigenvalue weighted by Crippen LogP contribution is -2.32. The number of aromatic amines is 1. The minimum Gasteiger partial charge on any atom is -0.345 e. The number of rotatable bonds is 2. The first-order chi connectivity index (χ1) is 11.9. The third-order valence-corrected chi connectivity index (χ3v) is 6.06. The van der Waals surface area contributed by atoms with E-state index < -0.39 is 10.2 Å². The van der Waals surface area contributed by atoms with Crippen molar-refractivity contribution in [2.45, 2.75) is 0 Å². The summed E-state index contributed by atoms with van der Waals surface area (Å²) in [6, 6.07) is 10.2. The highest BCUT2D eigenvalue weighted by Gasteiger charge is 2.35. The topological polar surface area (TPSA) is 98.4 Å². The summed E-state index contributed by atoms with van der Waals surface area (Å²) < 4.78 is 26.7. The van der Waals surface area contributed by atoms with Crippen LogP contribution in [0.4, 0.5) is 17.1 Å². The molecule has 1 aliphatic heterocycles. The highest BCUT2D eigenvalue weighted by molar-refractivity contribution is 7.94. The largest absolute Gasteiger partial charge is 0.345 e. The van der Waals surface area contributed by atoms with Crippen molar-refractivity contribution in [3.8, 4) is 0 Å². The number of hydrogen-bond acceptors (Lipinski definition) is 4. The van der Waals surface area contributed by atoms with Crippen molar-refractivity contribution in [2.75, 3.05) is 28.0 Å². The van der Waals surface area contributed by atoms with Gasteiger partial charge in [-0.05, 0) is 36.4 Å². The van der Waals surface area contributed by atoms with Gasteiger partial charge >= 0.3 is 10.2 Å². The number of imidazole rings is 1. The van der Waals surface area contributed by atoms with Crippen LogP contribution in [0.5, 0.6) is 0 Å². The molecule has 8 nitrogen and oxygen atoms in total. The van der Waals surface area contributed by atoms with E-state index in [1.807, 2.05) is 0 Å². The van der Waals surface area contributed by atoms with Gasteiger partial charge in [-0.15, -0.1) is 0 Å². The van der Waals surface area contributed by atoms with Gasteiger partial charge in [0, 0.05) is 25.3 Å². The van der Waals surface area contributed by atoms with Gasteiger partial charge in [-0.25, -0.2) is 4.98 Å². The molecule has 0 spiro atoms. The average Bonchev–Trinajstić information content (AvgIpc) is 3.13. The van der Waals surface area contributed by atoms with Gasteiger partial charge in [-0.2, -0.15) is 8.42 Å². The first kappa shape index (κ1) is 15.5. The number of aromatic nitrogens is 2. The summed E-state index contributed by atoms with van der Waals surface area (Å²) in [5.74, 6) is -0.284. The van der Waals surface area contributed by atoms with Crippen LogP contribution in [0.3, 0.4) is 0 Å². The molecule has 1 amide bonds. The van der Waals surface area contributed by atoms with Crippen molar-refractivity contribution >= 4 is 44.2 Å². The Morgan fingerprint density at radius 2 is 1.84 bits per heavy atom. The highest BCUT2D eigenvalue weighted by Crippen LogP contribution is 2.40. The molecular weight excluding hydrogens is 342 g/mol. The van der Waals surface area contributed by atoms with Crippen molar-refractivity contribution in [1.82, 2.24) is 9.97 Å². The number of nitrogens with zero attached hydrogens (tertiary/aromatic N) is 3. The minimum atomic E-state index is -3.54. The Kier molecular flexibility index (Phi) is 3.22. The molecule has 3 aromatic rings. The maximum Gasteiger partial charge on any atom is 0.326 e. The number of nitrogens with one attached hydrogen (secondary N) is 2. The lowest BCUT2D eigenvalue weighted by molar-refractivity contribution is 0.102. The molecule has 1 aliphatic rings. The molecule has 0 radical (unpaired) electrons. The van der Waals surface area contributed by atoms with Crippen molar-refractivity contribution in [1.29, 1.82) is 0 Å². The number of benzene rings is 2. The van der Waals surface area contributed by atoms with Crippen LogP contribution < -0.4 is 13.9 Å². The third-order valence-electron chi connectivity index (χ3n) is 4.29. The van der Waals surface area contributed by atoms with Crippen LogP contribution in [0.25, 0.3) is 11.0 Å². The van der Waals surface area contributed by atoms with Gasteiger partial charge in [0.05, 0.1) is 28.7 Å². The molecule has 128 valence electrons. The lowest BCUT2D eigenvalue weighted by Gasteiger charge is -2.13. The van der Waals surface area contributed by atoms with E-state index >= 15 is 0 Å². The minimum absolute atomic E-state index is 0.284. The quantitative estimate of drug-likeness (QED) is 0.732. The van der Waals surface area contributed by atoms with Gasteiger partial charge in [-0.3, -0.25) is 13.4 Å². The van der Waals surface area contributed by atoms with Gasteiger partial charge in [0.15, 0.2) is 0 Å². The van der Waals surface area contributed by atoms with Gasteiger partial charge in [0.25, 0.3) is 5.91 Å². The number of hydrogen-bond donors (Lipinski definition) is 2. The number of amides is 1. The Balaban J connectivity index is 1.64. The van der Waals surface area contributed by atoms with Crippen LogP contribution in [-0.2, 0) is 10.2 Å². The smallest absolute Gasteiger partial charge is 0.326 e. The Bertz CT molecular complexity index is 1110. The molecule has 0 saturated carbocycles. The fraction of sp³-hybridized carbons (Fsp3) is 0.125. The zero-order valence-electron chi connectivity index (χ0n) is 13.5. The van der Waals surface area contributed by atoms with Crippen LogP contribution in [0.1, 0.15) is 10.4 Å². The van der Waals surface area contributed by atoms with Crippen molar-refractivity contribution in [3.05, 3.63) is 48.3 Å². The Morgan fingerprint density at radius 1 is 1.08 bits per heavy atom. The van der Waals surface area contributed by atoms with Crippen molar-refractivity contribution in [3.63, 3.8) is 0 Å². The molecule has 0 aliphatic carbocycles. The van der Waals surface area contributed by atoms with E-state index in [4.69, 9.17) is 0 Å². The summed E-state index contributed by atoms with van der Waals surface area (Å²) in [5, 5.41) is 2.79. The van der Waals surface area contributed by atoms with Gasteiger partial charge in [-0.1, -0.05) is 0 Å². The molecule has 0 fully saturated rings. The molecule has 0 bridgehead atoms. The zero-order valence-corrected chi connectivity index (χ0v) is 14.3. The molecule has 0 saturated heterocycles. The molecule has 1 aromatic heterocycles. The molecule has 0 atom stereocenters. The number of fused-ring (bicyclic) bond motifs is 2. The first-order valence-corrected chi connectivity index (χ1v) is 8.89. The van der Waals surface area contributed by atoms with Gasteiger partial charge in [0.2, 0.25) is 0 Å². The van der Waals surface area contributed by atoms with Crippen LogP contribution in [0.2, 0.25) is 0 Å². The maximum absolute atomic E-state index is 12.5. The number of H-pyrrole nitrogens is 1. The Labute approximate surface area is 144 Å². The van der Waals surface area contributed by atoms with E-state index in [2.05, 4.69) is 15.3 Å². The Hall–Kier alpha value is -3.07. The fourth-order valence-corrected chi connectivity index (χ4v) is 4.00. The van der Waals surface area contributed by atoms with E-state index in [0.717, 1.165) is 11.0 Å². The molecule has 25 heavy (non-hydrogen) atoms. The normalized spacial score (nSPS) is 15.4. The SMILES string of the molecule is CN1c2ccc(NC(=O)c3ccc4nc[nH]c4c3)cc2N(C)S1(=O)=O. The van der Waals surface area contributed by atoms with Crippen LogP contribution >= 0.6 is 0 Å². The van der Waals surface area contributed by atoms with Crippen LogP contribution in [0.15, 0.2) is 42.7 Å². The van der Waals surface area contributed by atoms with Crippen molar-refractivity contribution < 1.29 is 13.2 Å². The van der Waals surface area contributed by atoms with Crippen LogP contribution in [-0.4, -0.2) is 38.4 Å². The van der Waals surface area contributed by atoms with E-state index in [-0.39, 0.29) is 5.91 Å². The summed E-state index contributed by atoms with van der Waals surface area (Å²) in [4.78, 5) is 19.5. The molecule has 0 unspecified atom stereocenters. The third kappa shape index (κ3) is 2.31.